The van der Waals surface area contributed by atoms with Crippen molar-refractivity contribution in [2.75, 3.05) is 26.1 Å². The standard InChI is InChI=1S/C13H18O5S/c1-13(2,8-14)9-6-10-11(18-5-4-17-10)7-12(9)19(3,15)16/h6-7,14H,4-5,8H2,1-3H3. The molecule has 5 nitrogen and oxygen atoms in total. The van der Waals surface area contributed by atoms with Crippen molar-refractivity contribution in [2.45, 2.75) is 24.2 Å². The zero-order valence-corrected chi connectivity index (χ0v) is 12.1. The number of hydrogen-bond acceptors (Lipinski definition) is 5. The molecule has 1 aromatic carbocycles. The SMILES string of the molecule is CC(C)(CO)c1cc2c(cc1S(C)(=O)=O)OCCO2. The monoisotopic (exact) mass is 286 g/mol. The van der Waals surface area contributed by atoms with Crippen LogP contribution in [0.3, 0.4) is 0 Å². The summed E-state index contributed by atoms with van der Waals surface area (Å²) < 4.78 is 34.7. The molecule has 0 saturated heterocycles. The molecule has 1 aliphatic rings. The first-order valence-electron chi connectivity index (χ1n) is 6.01. The number of hydrogen-bond donors (Lipinski definition) is 1. The Hall–Kier alpha value is -1.27. The third-order valence-electron chi connectivity index (χ3n) is 3.17. The van der Waals surface area contributed by atoms with Gasteiger partial charge in [0, 0.05) is 17.7 Å². The van der Waals surface area contributed by atoms with Crippen LogP contribution in [-0.4, -0.2) is 39.6 Å². The van der Waals surface area contributed by atoms with E-state index in [1.54, 1.807) is 19.9 Å². The second-order valence-corrected chi connectivity index (χ2v) is 7.29. The highest BCUT2D eigenvalue weighted by molar-refractivity contribution is 7.90. The molecule has 19 heavy (non-hydrogen) atoms. The van der Waals surface area contributed by atoms with E-state index in [0.29, 0.717) is 30.3 Å². The second-order valence-electron chi connectivity index (χ2n) is 5.31. The van der Waals surface area contributed by atoms with Gasteiger partial charge in [0.1, 0.15) is 13.2 Å². The molecular weight excluding hydrogens is 268 g/mol. The maximum atomic E-state index is 11.9. The Morgan fingerprint density at radius 1 is 1.21 bits per heavy atom. The lowest BCUT2D eigenvalue weighted by Crippen LogP contribution is -2.26. The van der Waals surface area contributed by atoms with Crippen molar-refractivity contribution in [1.29, 1.82) is 0 Å². The van der Waals surface area contributed by atoms with Crippen LogP contribution in [0.2, 0.25) is 0 Å². The van der Waals surface area contributed by atoms with Gasteiger partial charge in [-0.1, -0.05) is 13.8 Å². The van der Waals surface area contributed by atoms with Gasteiger partial charge in [-0.2, -0.15) is 0 Å². The lowest BCUT2D eigenvalue weighted by Gasteiger charge is -2.28. The first-order valence-corrected chi connectivity index (χ1v) is 7.90. The number of aliphatic hydroxyl groups is 1. The molecule has 0 radical (unpaired) electrons. The lowest BCUT2D eigenvalue weighted by atomic mass is 9.85. The van der Waals surface area contributed by atoms with Crippen molar-refractivity contribution in [1.82, 2.24) is 0 Å². The molecule has 0 spiro atoms. The molecule has 0 atom stereocenters. The smallest absolute Gasteiger partial charge is 0.175 e. The van der Waals surface area contributed by atoms with E-state index in [9.17, 15) is 13.5 Å². The van der Waals surface area contributed by atoms with Gasteiger partial charge in [-0.25, -0.2) is 8.42 Å². The summed E-state index contributed by atoms with van der Waals surface area (Å²) in [5.74, 6) is 0.958. The van der Waals surface area contributed by atoms with Crippen molar-refractivity contribution in [3.63, 3.8) is 0 Å². The Balaban J connectivity index is 2.70. The average molecular weight is 286 g/mol. The average Bonchev–Trinajstić information content (AvgIpc) is 2.36. The van der Waals surface area contributed by atoms with Crippen LogP contribution in [0, 0.1) is 0 Å². The molecule has 1 aromatic rings. The summed E-state index contributed by atoms with van der Waals surface area (Å²) in [7, 11) is -3.41. The number of benzene rings is 1. The minimum Gasteiger partial charge on any atom is -0.486 e. The fraction of sp³-hybridized carbons (Fsp3) is 0.538. The van der Waals surface area contributed by atoms with Gasteiger partial charge in [0.2, 0.25) is 0 Å². The number of rotatable bonds is 3. The summed E-state index contributed by atoms with van der Waals surface area (Å²) in [6.07, 6.45) is 1.15. The quantitative estimate of drug-likeness (QED) is 0.902. The summed E-state index contributed by atoms with van der Waals surface area (Å²) in [6, 6.07) is 3.14. The summed E-state index contributed by atoms with van der Waals surface area (Å²) in [5.41, 5.74) is -0.129. The molecule has 0 unspecified atom stereocenters. The zero-order chi connectivity index (χ0) is 14.3. The second kappa shape index (κ2) is 4.68. The number of aliphatic hydroxyl groups excluding tert-OH is 1. The molecular formula is C13H18O5S. The Morgan fingerprint density at radius 2 is 1.74 bits per heavy atom. The topological polar surface area (TPSA) is 72.8 Å². The van der Waals surface area contributed by atoms with Crippen LogP contribution in [0.4, 0.5) is 0 Å². The minimum absolute atomic E-state index is 0.158. The van der Waals surface area contributed by atoms with Crippen LogP contribution in [-0.2, 0) is 15.3 Å². The number of ether oxygens (including phenoxy) is 2. The van der Waals surface area contributed by atoms with Gasteiger partial charge in [-0.05, 0) is 11.6 Å². The van der Waals surface area contributed by atoms with Crippen LogP contribution in [0.15, 0.2) is 17.0 Å². The lowest BCUT2D eigenvalue weighted by molar-refractivity contribution is 0.169. The minimum atomic E-state index is -3.41. The Kier molecular flexibility index (Phi) is 3.49. The molecule has 106 valence electrons. The van der Waals surface area contributed by atoms with Gasteiger partial charge in [0.05, 0.1) is 11.5 Å². The third kappa shape index (κ3) is 2.69. The molecule has 1 aliphatic heterocycles. The predicted molar refractivity (Wildman–Crippen MR) is 70.7 cm³/mol. The molecule has 1 N–H and O–H groups in total. The van der Waals surface area contributed by atoms with E-state index < -0.39 is 15.3 Å². The summed E-state index contributed by atoms with van der Waals surface area (Å²) in [6.45, 7) is 4.25. The van der Waals surface area contributed by atoms with Crippen LogP contribution >= 0.6 is 0 Å². The molecule has 0 aliphatic carbocycles. The van der Waals surface area contributed by atoms with Crippen molar-refractivity contribution in [3.8, 4) is 11.5 Å². The molecule has 0 aromatic heterocycles. The van der Waals surface area contributed by atoms with E-state index in [4.69, 9.17) is 9.47 Å². The molecule has 6 heteroatoms. The largest absolute Gasteiger partial charge is 0.486 e. The van der Waals surface area contributed by atoms with Gasteiger partial charge in [0.15, 0.2) is 21.3 Å². The van der Waals surface area contributed by atoms with Crippen LogP contribution in [0.5, 0.6) is 11.5 Å². The third-order valence-corrected chi connectivity index (χ3v) is 4.30. The van der Waals surface area contributed by atoms with E-state index in [1.165, 1.54) is 6.07 Å². The van der Waals surface area contributed by atoms with E-state index in [-0.39, 0.29) is 11.5 Å². The van der Waals surface area contributed by atoms with Gasteiger partial charge >= 0.3 is 0 Å². The van der Waals surface area contributed by atoms with E-state index in [1.807, 2.05) is 0 Å². The van der Waals surface area contributed by atoms with Gasteiger partial charge in [-0.15, -0.1) is 0 Å². The normalized spacial score (nSPS) is 15.4. The summed E-state index contributed by atoms with van der Waals surface area (Å²) in [4.78, 5) is 0.177. The van der Waals surface area contributed by atoms with Crippen molar-refractivity contribution < 1.29 is 23.0 Å². The van der Waals surface area contributed by atoms with Crippen molar-refractivity contribution >= 4 is 9.84 Å². The van der Waals surface area contributed by atoms with Gasteiger partial charge in [-0.3, -0.25) is 0 Å². The van der Waals surface area contributed by atoms with Crippen LogP contribution in [0.25, 0.3) is 0 Å². The fourth-order valence-electron chi connectivity index (χ4n) is 1.99. The van der Waals surface area contributed by atoms with Crippen LogP contribution in [0.1, 0.15) is 19.4 Å². The molecule has 0 amide bonds. The van der Waals surface area contributed by atoms with Crippen LogP contribution < -0.4 is 9.47 Å². The first kappa shape index (κ1) is 14.1. The van der Waals surface area contributed by atoms with E-state index in [0.717, 1.165) is 6.26 Å². The molecule has 2 rings (SSSR count). The highest BCUT2D eigenvalue weighted by Crippen LogP contribution is 2.39. The van der Waals surface area contributed by atoms with Gasteiger partial charge in [0.25, 0.3) is 0 Å². The zero-order valence-electron chi connectivity index (χ0n) is 11.3. The fourth-order valence-corrected chi connectivity index (χ4v) is 3.05. The molecule has 1 heterocycles. The molecule has 0 fully saturated rings. The number of sulfone groups is 1. The first-order chi connectivity index (χ1) is 8.75. The van der Waals surface area contributed by atoms with E-state index >= 15 is 0 Å². The van der Waals surface area contributed by atoms with E-state index in [2.05, 4.69) is 0 Å². The molecule has 0 saturated carbocycles. The Labute approximate surface area is 113 Å². The maximum Gasteiger partial charge on any atom is 0.175 e. The van der Waals surface area contributed by atoms with Crippen molar-refractivity contribution in [3.05, 3.63) is 17.7 Å². The predicted octanol–water partition coefficient (Wildman–Crippen LogP) is 1.13. The Bertz CT molecular complexity index is 589. The Morgan fingerprint density at radius 3 is 2.21 bits per heavy atom. The highest BCUT2D eigenvalue weighted by atomic mass is 32.2. The summed E-state index contributed by atoms with van der Waals surface area (Å²) in [5, 5.41) is 9.47. The number of fused-ring (bicyclic) bond motifs is 1. The molecule has 0 bridgehead atoms. The highest BCUT2D eigenvalue weighted by Gasteiger charge is 2.30. The summed E-state index contributed by atoms with van der Waals surface area (Å²) >= 11 is 0. The maximum absolute atomic E-state index is 11.9. The van der Waals surface area contributed by atoms with Crippen molar-refractivity contribution in [2.24, 2.45) is 0 Å². The van der Waals surface area contributed by atoms with Gasteiger partial charge < -0.3 is 14.6 Å².